The Bertz CT molecular complexity index is 346. The van der Waals surface area contributed by atoms with Crippen molar-refractivity contribution in [3.8, 4) is 0 Å². The monoisotopic (exact) mass is 251 g/mol. The molecule has 2 aliphatic carbocycles. The smallest absolute Gasteiger partial charge is 0.224 e. The first-order chi connectivity index (χ1) is 8.42. The minimum atomic E-state index is 0.0788. The molecule has 18 heavy (non-hydrogen) atoms. The van der Waals surface area contributed by atoms with Gasteiger partial charge in [0.25, 0.3) is 0 Å². The van der Waals surface area contributed by atoms with Gasteiger partial charge in [-0.3, -0.25) is 4.79 Å². The molecular weight excluding hydrogens is 226 g/mol. The summed E-state index contributed by atoms with van der Waals surface area (Å²) in [6.45, 7) is 9.37. The van der Waals surface area contributed by atoms with Crippen molar-refractivity contribution in [2.75, 3.05) is 19.7 Å². The van der Waals surface area contributed by atoms with E-state index in [2.05, 4.69) is 20.8 Å². The van der Waals surface area contributed by atoms with Crippen molar-refractivity contribution in [1.82, 2.24) is 4.90 Å². The Hall–Kier alpha value is -0.570. The van der Waals surface area contributed by atoms with Gasteiger partial charge in [-0.15, -0.1) is 0 Å². The van der Waals surface area contributed by atoms with Gasteiger partial charge in [-0.2, -0.15) is 0 Å². The van der Waals surface area contributed by atoms with Crippen LogP contribution in [-0.4, -0.2) is 36.1 Å². The summed E-state index contributed by atoms with van der Waals surface area (Å²) in [4.78, 5) is 14.1. The van der Waals surface area contributed by atoms with Gasteiger partial charge in [-0.05, 0) is 43.4 Å². The normalized spacial score (nSPS) is 34.9. The molecule has 3 nitrogen and oxygen atoms in total. The van der Waals surface area contributed by atoms with Crippen molar-refractivity contribution in [2.45, 2.75) is 52.1 Å². The third kappa shape index (κ3) is 1.97. The van der Waals surface area contributed by atoms with Crippen molar-refractivity contribution >= 4 is 5.91 Å². The second kappa shape index (κ2) is 3.96. The highest BCUT2D eigenvalue weighted by molar-refractivity contribution is 5.77. The molecule has 0 radical (unpaired) electrons. The number of piperidine rings is 1. The molecular formula is C15H25NO2. The van der Waals surface area contributed by atoms with Crippen LogP contribution in [0.4, 0.5) is 0 Å². The molecule has 1 amide bonds. The third-order valence-electron chi connectivity index (χ3n) is 5.65. The predicted octanol–water partition coefficient (Wildman–Crippen LogP) is 2.45. The molecule has 1 aliphatic heterocycles. The van der Waals surface area contributed by atoms with Crippen LogP contribution < -0.4 is 0 Å². The third-order valence-corrected chi connectivity index (χ3v) is 5.65. The number of hydrogen-bond acceptors (Lipinski definition) is 2. The van der Waals surface area contributed by atoms with Crippen LogP contribution in [-0.2, 0) is 9.53 Å². The van der Waals surface area contributed by atoms with Crippen LogP contribution in [0.1, 0.15) is 46.5 Å². The van der Waals surface area contributed by atoms with E-state index in [1.54, 1.807) is 0 Å². The molecule has 0 bridgehead atoms. The SMILES string of the molecule is CC1(OCCC(=O)N2C[C@@H]3[C@H](C2)C3(C)C)CCC1. The minimum Gasteiger partial charge on any atom is -0.375 e. The fraction of sp³-hybridized carbons (Fsp3) is 0.933. The molecule has 3 rings (SSSR count). The zero-order valence-electron chi connectivity index (χ0n) is 11.9. The number of hydrogen-bond donors (Lipinski definition) is 0. The van der Waals surface area contributed by atoms with E-state index >= 15 is 0 Å². The lowest BCUT2D eigenvalue weighted by Gasteiger charge is -2.38. The number of carbonyl (C=O) groups is 1. The predicted molar refractivity (Wildman–Crippen MR) is 70.2 cm³/mol. The first-order valence-corrected chi connectivity index (χ1v) is 7.34. The minimum absolute atomic E-state index is 0.0788. The van der Waals surface area contributed by atoms with Crippen molar-refractivity contribution in [1.29, 1.82) is 0 Å². The average Bonchev–Trinajstić information content (AvgIpc) is 2.69. The summed E-state index contributed by atoms with van der Waals surface area (Å²) in [5.74, 6) is 1.80. The maximum atomic E-state index is 12.1. The molecule has 2 saturated carbocycles. The first kappa shape index (κ1) is 12.5. The first-order valence-electron chi connectivity index (χ1n) is 7.34. The molecule has 2 atom stereocenters. The van der Waals surface area contributed by atoms with Crippen LogP contribution in [0.25, 0.3) is 0 Å². The number of fused-ring (bicyclic) bond motifs is 1. The van der Waals surface area contributed by atoms with Crippen LogP contribution in [0.5, 0.6) is 0 Å². The Labute approximate surface area is 110 Å². The van der Waals surface area contributed by atoms with Crippen LogP contribution >= 0.6 is 0 Å². The number of ether oxygens (including phenoxy) is 1. The zero-order chi connectivity index (χ0) is 13.0. The summed E-state index contributed by atoms with van der Waals surface area (Å²) in [6.07, 6.45) is 4.15. The van der Waals surface area contributed by atoms with E-state index in [4.69, 9.17) is 4.74 Å². The van der Waals surface area contributed by atoms with Gasteiger partial charge in [-0.25, -0.2) is 0 Å². The maximum absolute atomic E-state index is 12.1. The second-order valence-corrected chi connectivity index (χ2v) is 7.23. The van der Waals surface area contributed by atoms with Gasteiger partial charge in [0.05, 0.1) is 18.6 Å². The van der Waals surface area contributed by atoms with E-state index < -0.39 is 0 Å². The summed E-state index contributed by atoms with van der Waals surface area (Å²) >= 11 is 0. The number of carbonyl (C=O) groups excluding carboxylic acids is 1. The molecule has 0 aromatic carbocycles. The molecule has 3 fully saturated rings. The molecule has 0 spiro atoms. The lowest BCUT2D eigenvalue weighted by molar-refractivity contribution is -0.136. The largest absolute Gasteiger partial charge is 0.375 e. The lowest BCUT2D eigenvalue weighted by Crippen LogP contribution is -2.38. The highest BCUT2D eigenvalue weighted by Gasteiger charge is 2.62. The Balaban J connectivity index is 1.38. The number of likely N-dealkylation sites (tertiary alicyclic amines) is 1. The molecule has 3 heteroatoms. The van der Waals surface area contributed by atoms with Gasteiger partial charge in [0.15, 0.2) is 0 Å². The van der Waals surface area contributed by atoms with E-state index in [0.717, 1.165) is 37.8 Å². The van der Waals surface area contributed by atoms with Gasteiger partial charge in [0.1, 0.15) is 0 Å². The van der Waals surface area contributed by atoms with Gasteiger partial charge < -0.3 is 9.64 Å². The summed E-state index contributed by atoms with van der Waals surface area (Å²) < 4.78 is 5.83. The lowest BCUT2D eigenvalue weighted by atomic mass is 9.82. The second-order valence-electron chi connectivity index (χ2n) is 7.23. The van der Waals surface area contributed by atoms with Gasteiger partial charge in [-0.1, -0.05) is 13.8 Å². The van der Waals surface area contributed by atoms with E-state index in [1.165, 1.54) is 6.42 Å². The Morgan fingerprint density at radius 3 is 2.33 bits per heavy atom. The van der Waals surface area contributed by atoms with Crippen LogP contribution in [0, 0.1) is 17.3 Å². The van der Waals surface area contributed by atoms with E-state index in [0.29, 0.717) is 24.3 Å². The molecule has 0 unspecified atom stereocenters. The summed E-state index contributed by atoms with van der Waals surface area (Å²) in [7, 11) is 0. The number of amides is 1. The molecule has 1 heterocycles. The van der Waals surface area contributed by atoms with Gasteiger partial charge in [0, 0.05) is 13.1 Å². The van der Waals surface area contributed by atoms with E-state index in [9.17, 15) is 4.79 Å². The Morgan fingerprint density at radius 2 is 1.83 bits per heavy atom. The standard InChI is InChI=1S/C15H25NO2/c1-14(2)11-9-16(10-12(11)14)13(17)5-8-18-15(3)6-4-7-15/h11-12H,4-10H2,1-3H3/t11-,12+. The summed E-state index contributed by atoms with van der Waals surface area (Å²) in [5.41, 5.74) is 0.572. The van der Waals surface area contributed by atoms with Crippen LogP contribution in [0.3, 0.4) is 0 Å². The highest BCUT2D eigenvalue weighted by atomic mass is 16.5. The van der Waals surface area contributed by atoms with Crippen LogP contribution in [0.2, 0.25) is 0 Å². The van der Waals surface area contributed by atoms with Crippen molar-refractivity contribution in [3.05, 3.63) is 0 Å². The Kier molecular flexibility index (Phi) is 2.74. The molecule has 1 saturated heterocycles. The van der Waals surface area contributed by atoms with Gasteiger partial charge >= 0.3 is 0 Å². The van der Waals surface area contributed by atoms with E-state index in [-0.39, 0.29) is 5.60 Å². The molecule has 0 N–H and O–H groups in total. The summed E-state index contributed by atoms with van der Waals surface area (Å²) in [6, 6.07) is 0. The fourth-order valence-electron chi connectivity index (χ4n) is 3.70. The quantitative estimate of drug-likeness (QED) is 0.768. The Morgan fingerprint density at radius 1 is 1.22 bits per heavy atom. The molecule has 0 aromatic heterocycles. The number of rotatable bonds is 4. The molecule has 0 aromatic rings. The number of nitrogens with zero attached hydrogens (tertiary/aromatic N) is 1. The van der Waals surface area contributed by atoms with Crippen molar-refractivity contribution in [3.63, 3.8) is 0 Å². The van der Waals surface area contributed by atoms with Gasteiger partial charge in [0.2, 0.25) is 5.91 Å². The molecule has 3 aliphatic rings. The zero-order valence-corrected chi connectivity index (χ0v) is 11.9. The highest BCUT2D eigenvalue weighted by Crippen LogP contribution is 2.61. The fourth-order valence-corrected chi connectivity index (χ4v) is 3.70. The summed E-state index contributed by atoms with van der Waals surface area (Å²) in [5, 5.41) is 0. The average molecular weight is 251 g/mol. The van der Waals surface area contributed by atoms with Crippen LogP contribution in [0.15, 0.2) is 0 Å². The van der Waals surface area contributed by atoms with E-state index in [1.807, 2.05) is 4.90 Å². The van der Waals surface area contributed by atoms with Crippen molar-refractivity contribution < 1.29 is 9.53 Å². The topological polar surface area (TPSA) is 29.5 Å². The molecule has 102 valence electrons. The van der Waals surface area contributed by atoms with Crippen molar-refractivity contribution in [2.24, 2.45) is 17.3 Å². The maximum Gasteiger partial charge on any atom is 0.224 e.